The van der Waals surface area contributed by atoms with Gasteiger partial charge in [0.2, 0.25) is 0 Å². The van der Waals surface area contributed by atoms with Crippen molar-refractivity contribution in [3.8, 4) is 39.1 Å². The van der Waals surface area contributed by atoms with Gasteiger partial charge in [-0.25, -0.2) is 0 Å². The van der Waals surface area contributed by atoms with E-state index in [0.29, 0.717) is 0 Å². The highest BCUT2D eigenvalue weighted by molar-refractivity contribution is 7.25. The van der Waals surface area contributed by atoms with Gasteiger partial charge < -0.3 is 4.57 Å². The Hall–Kier alpha value is -5.44. The number of nitrogens with zero attached hydrogens (tertiary/aromatic N) is 1. The fraction of sp³-hybridized carbons (Fsp3) is 0.106. The lowest BCUT2D eigenvalue weighted by molar-refractivity contribution is 0.591. The second-order valence-corrected chi connectivity index (χ2v) is 15.4. The molecule has 49 heavy (non-hydrogen) atoms. The Bertz CT molecular complexity index is 2700. The van der Waals surface area contributed by atoms with Gasteiger partial charge in [0.05, 0.1) is 11.0 Å². The van der Waals surface area contributed by atoms with Crippen molar-refractivity contribution in [2.75, 3.05) is 0 Å². The molecule has 0 aliphatic carbocycles. The van der Waals surface area contributed by atoms with Gasteiger partial charge >= 0.3 is 0 Å². The van der Waals surface area contributed by atoms with Crippen molar-refractivity contribution in [1.29, 1.82) is 0 Å². The van der Waals surface area contributed by atoms with Crippen LogP contribution in [0.25, 0.3) is 81.0 Å². The van der Waals surface area contributed by atoms with Gasteiger partial charge in [0.1, 0.15) is 0 Å². The molecule has 0 amide bonds. The molecule has 2 heterocycles. The molecule has 2 heteroatoms. The number of aromatic nitrogens is 1. The lowest BCUT2D eigenvalue weighted by Crippen LogP contribution is -2.14. The highest BCUT2D eigenvalue weighted by atomic mass is 32.1. The van der Waals surface area contributed by atoms with Crippen molar-refractivity contribution in [3.63, 3.8) is 0 Å². The summed E-state index contributed by atoms with van der Waals surface area (Å²) in [5.41, 5.74) is 13.8. The molecule has 1 nitrogen and oxygen atoms in total. The number of aryl methyl sites for hydroxylation is 1. The monoisotopic (exact) mass is 647 g/mol. The smallest absolute Gasteiger partial charge is 0.0541 e. The molecule has 0 bridgehead atoms. The van der Waals surface area contributed by atoms with E-state index in [1.807, 2.05) is 11.3 Å². The molecule has 0 saturated heterocycles. The van der Waals surface area contributed by atoms with Gasteiger partial charge in [-0.1, -0.05) is 118 Å². The molecule has 236 valence electrons. The maximum atomic E-state index is 2.47. The first kappa shape index (κ1) is 29.7. The predicted molar refractivity (Wildman–Crippen MR) is 213 cm³/mol. The van der Waals surface area contributed by atoms with Crippen LogP contribution in [0.5, 0.6) is 0 Å². The number of fused-ring (bicyclic) bond motifs is 6. The second-order valence-electron chi connectivity index (χ2n) is 14.3. The molecule has 0 atom stereocenters. The minimum absolute atomic E-state index is 0.0372. The van der Waals surface area contributed by atoms with Crippen molar-refractivity contribution in [2.45, 2.75) is 33.1 Å². The van der Waals surface area contributed by atoms with Crippen molar-refractivity contribution >= 4 is 53.3 Å². The van der Waals surface area contributed by atoms with E-state index in [2.05, 4.69) is 184 Å². The summed E-state index contributed by atoms with van der Waals surface area (Å²) in [6, 6.07) is 56.3. The molecule has 2 aromatic heterocycles. The normalized spacial score (nSPS) is 12.1. The Labute approximate surface area is 291 Å². The molecule has 0 N–H and O–H groups in total. The Balaban J connectivity index is 1.28. The Kier molecular flexibility index (Phi) is 6.86. The van der Waals surface area contributed by atoms with E-state index >= 15 is 0 Å². The van der Waals surface area contributed by atoms with Gasteiger partial charge in [-0.3, -0.25) is 0 Å². The van der Waals surface area contributed by atoms with Crippen LogP contribution in [0.2, 0.25) is 0 Å². The summed E-state index contributed by atoms with van der Waals surface area (Å²) in [6.07, 6.45) is 0. The van der Waals surface area contributed by atoms with E-state index in [9.17, 15) is 0 Å². The summed E-state index contributed by atoms with van der Waals surface area (Å²) in [5, 5.41) is 5.19. The third-order valence-corrected chi connectivity index (χ3v) is 11.2. The topological polar surface area (TPSA) is 4.93 Å². The summed E-state index contributed by atoms with van der Waals surface area (Å²) in [4.78, 5) is 0. The maximum Gasteiger partial charge on any atom is 0.0541 e. The summed E-state index contributed by atoms with van der Waals surface area (Å²) in [6.45, 7) is 9.19. The van der Waals surface area contributed by atoms with E-state index < -0.39 is 0 Å². The van der Waals surface area contributed by atoms with E-state index in [1.165, 1.54) is 92.2 Å². The van der Waals surface area contributed by atoms with Gasteiger partial charge in [0.15, 0.2) is 0 Å². The van der Waals surface area contributed by atoms with Crippen molar-refractivity contribution < 1.29 is 0 Å². The Morgan fingerprint density at radius 1 is 0.449 bits per heavy atom. The summed E-state index contributed by atoms with van der Waals surface area (Å²) in [7, 11) is 0. The van der Waals surface area contributed by atoms with Crippen LogP contribution in [0.1, 0.15) is 31.9 Å². The van der Waals surface area contributed by atoms with E-state index in [4.69, 9.17) is 0 Å². The van der Waals surface area contributed by atoms with Crippen LogP contribution in [-0.4, -0.2) is 4.57 Å². The third-order valence-electron chi connectivity index (χ3n) is 10.1. The number of benzene rings is 7. The third kappa shape index (κ3) is 4.98. The summed E-state index contributed by atoms with van der Waals surface area (Å²) >= 11 is 1.87. The molecule has 7 aromatic carbocycles. The van der Waals surface area contributed by atoms with Gasteiger partial charge in [-0.2, -0.15) is 0 Å². The minimum Gasteiger partial charge on any atom is -0.309 e. The van der Waals surface area contributed by atoms with Gasteiger partial charge in [0, 0.05) is 36.6 Å². The molecule has 0 aliphatic heterocycles. The standard InChI is InChI=1S/C47H37NS/c1-30-12-8-9-15-36(30)37-22-21-35(29-42(37)47(2,3)4)48-43-23-18-32(31-13-6-5-7-14-31)26-39(43)40-27-33(19-24-44(40)48)34-20-25-46-41(28-34)38-16-10-11-17-45(38)49-46/h5-29H,1-4H3. The van der Waals surface area contributed by atoms with Crippen molar-refractivity contribution in [1.82, 2.24) is 4.57 Å². The van der Waals surface area contributed by atoms with E-state index in [-0.39, 0.29) is 5.41 Å². The van der Waals surface area contributed by atoms with Crippen LogP contribution >= 0.6 is 11.3 Å². The molecule has 9 aromatic rings. The highest BCUT2D eigenvalue weighted by Gasteiger charge is 2.22. The first-order valence-electron chi connectivity index (χ1n) is 17.1. The first-order chi connectivity index (χ1) is 23.8. The second kappa shape index (κ2) is 11.3. The van der Waals surface area contributed by atoms with Crippen LogP contribution < -0.4 is 0 Å². The minimum atomic E-state index is -0.0372. The highest BCUT2D eigenvalue weighted by Crippen LogP contribution is 2.42. The van der Waals surface area contributed by atoms with Gasteiger partial charge in [-0.05, 0) is 111 Å². The molecule has 9 rings (SSSR count). The number of hydrogen-bond donors (Lipinski definition) is 0. The maximum absolute atomic E-state index is 2.47. The molecular weight excluding hydrogens is 611 g/mol. The van der Waals surface area contributed by atoms with Gasteiger partial charge in [-0.15, -0.1) is 11.3 Å². The first-order valence-corrected chi connectivity index (χ1v) is 17.9. The predicted octanol–water partition coefficient (Wildman–Crippen LogP) is 13.8. The number of rotatable bonds is 4. The molecule has 0 saturated carbocycles. The van der Waals surface area contributed by atoms with Crippen LogP contribution in [0.4, 0.5) is 0 Å². The lowest BCUT2D eigenvalue weighted by Gasteiger charge is -2.25. The SMILES string of the molecule is Cc1ccccc1-c1ccc(-n2c3ccc(-c4ccccc4)cc3c3cc(-c4ccc5sc6ccccc6c5c4)ccc32)cc1C(C)(C)C. The average molecular weight is 648 g/mol. The zero-order chi connectivity index (χ0) is 33.3. The Morgan fingerprint density at radius 3 is 1.76 bits per heavy atom. The molecule has 0 fully saturated rings. The van der Waals surface area contributed by atoms with Crippen molar-refractivity contribution in [2.24, 2.45) is 0 Å². The van der Waals surface area contributed by atoms with Crippen LogP contribution in [0, 0.1) is 6.92 Å². The van der Waals surface area contributed by atoms with Crippen molar-refractivity contribution in [3.05, 3.63) is 163 Å². The van der Waals surface area contributed by atoms with Crippen LogP contribution in [-0.2, 0) is 5.41 Å². The molecule has 0 aliphatic rings. The Morgan fingerprint density at radius 2 is 1.04 bits per heavy atom. The number of thiophene rings is 1. The molecule has 0 radical (unpaired) electrons. The summed E-state index contributed by atoms with van der Waals surface area (Å²) < 4.78 is 5.14. The average Bonchev–Trinajstić information content (AvgIpc) is 3.66. The lowest BCUT2D eigenvalue weighted by atomic mass is 9.80. The van der Waals surface area contributed by atoms with Gasteiger partial charge in [0.25, 0.3) is 0 Å². The summed E-state index contributed by atoms with van der Waals surface area (Å²) in [5.74, 6) is 0. The molecule has 0 unspecified atom stereocenters. The van der Waals surface area contributed by atoms with Crippen LogP contribution in [0.15, 0.2) is 152 Å². The van der Waals surface area contributed by atoms with E-state index in [0.717, 1.165) is 0 Å². The molecular formula is C47H37NS. The largest absolute Gasteiger partial charge is 0.309 e. The molecule has 0 spiro atoms. The fourth-order valence-electron chi connectivity index (χ4n) is 7.60. The zero-order valence-electron chi connectivity index (χ0n) is 28.3. The van der Waals surface area contributed by atoms with Crippen LogP contribution in [0.3, 0.4) is 0 Å². The van der Waals surface area contributed by atoms with E-state index in [1.54, 1.807) is 0 Å². The number of hydrogen-bond acceptors (Lipinski definition) is 1. The zero-order valence-corrected chi connectivity index (χ0v) is 29.1. The quantitative estimate of drug-likeness (QED) is 0.179. The fourth-order valence-corrected chi connectivity index (χ4v) is 8.69.